The lowest BCUT2D eigenvalue weighted by molar-refractivity contribution is -0.143. The number of fused-ring (bicyclic) bond motifs is 1. The number of halogens is 5. The zero-order valence-corrected chi connectivity index (χ0v) is 14.4. The van der Waals surface area contributed by atoms with Gasteiger partial charge in [0.1, 0.15) is 11.4 Å². The molecule has 1 atom stereocenters. The van der Waals surface area contributed by atoms with Gasteiger partial charge in [0.05, 0.1) is 5.02 Å². The number of carbonyl (C=O) groups is 2. The summed E-state index contributed by atoms with van der Waals surface area (Å²) in [6, 6.07) is 4.85. The Morgan fingerprint density at radius 3 is 2.62 bits per heavy atom. The largest absolute Gasteiger partial charge is 0.448 e. The first kappa shape index (κ1) is 18.8. The molecule has 0 bridgehead atoms. The Kier molecular flexibility index (Phi) is 5.62. The first-order chi connectivity index (χ1) is 11.1. The molecule has 0 aliphatic rings. The topological polar surface area (TPSA) is 55.4 Å². The molecule has 1 unspecified atom stereocenters. The minimum atomic E-state index is -4.55. The van der Waals surface area contributed by atoms with E-state index in [1.165, 1.54) is 6.92 Å². The van der Waals surface area contributed by atoms with Crippen molar-refractivity contribution in [2.75, 3.05) is 6.54 Å². The van der Waals surface area contributed by atoms with Gasteiger partial charge in [-0.25, -0.2) is 4.79 Å². The molecule has 24 heavy (non-hydrogen) atoms. The average molecular weight is 400 g/mol. The fraction of sp³-hybridized carbons (Fsp3) is 0.286. The molecule has 1 N–H and O–H groups in total. The number of benzene rings is 1. The van der Waals surface area contributed by atoms with E-state index in [2.05, 4.69) is 0 Å². The number of nitrogens with one attached hydrogen (secondary N) is 1. The standard InChI is InChI=1S/C14H10Cl2F3NO3S/c1-6(12(21)20-5-14(17,18)19)23-13(22)11-10(16)8-3-2-7(15)4-9(8)24-11/h2-4,6H,5H2,1H3,(H,20,21). The van der Waals surface area contributed by atoms with Gasteiger partial charge in [0.25, 0.3) is 5.91 Å². The number of rotatable bonds is 4. The Hall–Kier alpha value is -1.51. The van der Waals surface area contributed by atoms with Gasteiger partial charge in [-0.05, 0) is 19.1 Å². The van der Waals surface area contributed by atoms with Gasteiger partial charge >= 0.3 is 12.1 Å². The Balaban J connectivity index is 2.09. The number of alkyl halides is 3. The highest BCUT2D eigenvalue weighted by atomic mass is 35.5. The number of hydrogen-bond acceptors (Lipinski definition) is 4. The molecule has 4 nitrogen and oxygen atoms in total. The van der Waals surface area contributed by atoms with Crippen LogP contribution in [-0.4, -0.2) is 30.7 Å². The molecular formula is C14H10Cl2F3NO3S. The highest BCUT2D eigenvalue weighted by molar-refractivity contribution is 7.21. The fourth-order valence-corrected chi connectivity index (χ4v) is 3.44. The second-order valence-electron chi connectivity index (χ2n) is 4.77. The van der Waals surface area contributed by atoms with Crippen LogP contribution >= 0.6 is 34.5 Å². The van der Waals surface area contributed by atoms with Crippen LogP contribution < -0.4 is 5.32 Å². The Morgan fingerprint density at radius 2 is 2.00 bits per heavy atom. The van der Waals surface area contributed by atoms with Gasteiger partial charge in [-0.3, -0.25) is 4.79 Å². The lowest BCUT2D eigenvalue weighted by Gasteiger charge is -2.14. The van der Waals surface area contributed by atoms with E-state index < -0.39 is 30.7 Å². The average Bonchev–Trinajstić information content (AvgIpc) is 2.80. The molecule has 1 aromatic heterocycles. The number of carbonyl (C=O) groups excluding carboxylic acids is 2. The number of thiophene rings is 1. The number of hydrogen-bond donors (Lipinski definition) is 1. The molecule has 2 rings (SSSR count). The molecule has 130 valence electrons. The van der Waals surface area contributed by atoms with Crippen LogP contribution in [0.3, 0.4) is 0 Å². The smallest absolute Gasteiger partial charge is 0.405 e. The summed E-state index contributed by atoms with van der Waals surface area (Å²) >= 11 is 13.0. The molecule has 0 aliphatic carbocycles. The van der Waals surface area contributed by atoms with Crippen molar-refractivity contribution in [2.45, 2.75) is 19.2 Å². The molecule has 10 heteroatoms. The van der Waals surface area contributed by atoms with Crippen molar-refractivity contribution in [1.82, 2.24) is 5.32 Å². The van der Waals surface area contributed by atoms with E-state index in [1.54, 1.807) is 23.5 Å². The van der Waals surface area contributed by atoms with Crippen molar-refractivity contribution >= 4 is 56.5 Å². The molecule has 0 aliphatic heterocycles. The van der Waals surface area contributed by atoms with Crippen molar-refractivity contribution in [1.29, 1.82) is 0 Å². The van der Waals surface area contributed by atoms with E-state index >= 15 is 0 Å². The van der Waals surface area contributed by atoms with Crippen molar-refractivity contribution in [3.8, 4) is 0 Å². The van der Waals surface area contributed by atoms with Gasteiger partial charge in [-0.15, -0.1) is 11.3 Å². The summed E-state index contributed by atoms with van der Waals surface area (Å²) in [5.74, 6) is -1.95. The van der Waals surface area contributed by atoms with Crippen molar-refractivity contribution < 1.29 is 27.5 Å². The Bertz CT molecular complexity index is 791. The quantitative estimate of drug-likeness (QED) is 0.773. The summed E-state index contributed by atoms with van der Waals surface area (Å²) < 4.78 is 41.7. The predicted molar refractivity (Wildman–Crippen MR) is 85.8 cm³/mol. The Labute approximate surface area is 148 Å². The van der Waals surface area contributed by atoms with Crippen molar-refractivity contribution in [3.63, 3.8) is 0 Å². The zero-order valence-electron chi connectivity index (χ0n) is 12.0. The first-order valence-corrected chi connectivity index (χ1v) is 8.08. The Morgan fingerprint density at radius 1 is 1.33 bits per heavy atom. The third kappa shape index (κ3) is 4.52. The molecule has 1 aromatic carbocycles. The maximum absolute atomic E-state index is 12.1. The van der Waals surface area contributed by atoms with Gasteiger partial charge in [0.15, 0.2) is 6.10 Å². The van der Waals surface area contributed by atoms with Crippen LogP contribution in [-0.2, 0) is 9.53 Å². The van der Waals surface area contributed by atoms with E-state index in [-0.39, 0.29) is 9.90 Å². The molecule has 0 radical (unpaired) electrons. The molecule has 0 saturated heterocycles. The van der Waals surface area contributed by atoms with Gasteiger partial charge in [0.2, 0.25) is 0 Å². The summed E-state index contributed by atoms with van der Waals surface area (Å²) in [4.78, 5) is 23.7. The van der Waals surface area contributed by atoms with Crippen LogP contribution in [0.15, 0.2) is 18.2 Å². The van der Waals surface area contributed by atoms with Gasteiger partial charge in [-0.1, -0.05) is 29.3 Å². The van der Waals surface area contributed by atoms with Crippen LogP contribution in [0, 0.1) is 0 Å². The van der Waals surface area contributed by atoms with Gasteiger partial charge in [-0.2, -0.15) is 13.2 Å². The molecule has 0 saturated carbocycles. The van der Waals surface area contributed by atoms with E-state index in [9.17, 15) is 22.8 Å². The predicted octanol–water partition coefficient (Wildman–Crippen LogP) is 4.43. The monoisotopic (exact) mass is 399 g/mol. The summed E-state index contributed by atoms with van der Waals surface area (Å²) in [5, 5.41) is 2.83. The molecular weight excluding hydrogens is 390 g/mol. The minimum absolute atomic E-state index is 0.0457. The van der Waals surface area contributed by atoms with Gasteiger partial charge < -0.3 is 10.1 Å². The normalized spacial score (nSPS) is 12.9. The van der Waals surface area contributed by atoms with Crippen LogP contribution in [0.1, 0.15) is 16.6 Å². The van der Waals surface area contributed by atoms with E-state index in [1.807, 2.05) is 0 Å². The van der Waals surface area contributed by atoms with Crippen LogP contribution in [0.25, 0.3) is 10.1 Å². The van der Waals surface area contributed by atoms with E-state index in [0.717, 1.165) is 11.3 Å². The summed E-state index contributed by atoms with van der Waals surface area (Å²) in [7, 11) is 0. The van der Waals surface area contributed by atoms with Crippen molar-refractivity contribution in [2.24, 2.45) is 0 Å². The summed E-state index contributed by atoms with van der Waals surface area (Å²) in [5.41, 5.74) is 0. The number of amides is 1. The van der Waals surface area contributed by atoms with Crippen molar-refractivity contribution in [3.05, 3.63) is 33.1 Å². The highest BCUT2D eigenvalue weighted by Gasteiger charge is 2.30. The van der Waals surface area contributed by atoms with Gasteiger partial charge in [0, 0.05) is 15.1 Å². The lowest BCUT2D eigenvalue weighted by atomic mass is 10.2. The number of esters is 1. The fourth-order valence-electron chi connectivity index (χ4n) is 1.77. The summed E-state index contributed by atoms with van der Waals surface area (Å²) in [6.07, 6.45) is -5.95. The van der Waals surface area contributed by atoms with Crippen LogP contribution in [0.5, 0.6) is 0 Å². The van der Waals surface area contributed by atoms with E-state index in [4.69, 9.17) is 27.9 Å². The maximum Gasteiger partial charge on any atom is 0.405 e. The van der Waals surface area contributed by atoms with E-state index in [0.29, 0.717) is 15.1 Å². The first-order valence-electron chi connectivity index (χ1n) is 6.51. The molecule has 0 spiro atoms. The lowest BCUT2D eigenvalue weighted by Crippen LogP contribution is -2.40. The molecule has 0 fully saturated rings. The molecule has 2 aromatic rings. The third-order valence-electron chi connectivity index (χ3n) is 2.89. The maximum atomic E-state index is 12.1. The second kappa shape index (κ2) is 7.16. The molecule has 1 amide bonds. The number of ether oxygens (including phenoxy) is 1. The third-order valence-corrected chi connectivity index (χ3v) is 4.77. The zero-order chi connectivity index (χ0) is 18.1. The van der Waals surface area contributed by atoms with Crippen LogP contribution in [0.2, 0.25) is 10.0 Å². The second-order valence-corrected chi connectivity index (χ2v) is 6.63. The molecule has 1 heterocycles. The highest BCUT2D eigenvalue weighted by Crippen LogP contribution is 2.37. The van der Waals surface area contributed by atoms with Crippen LogP contribution in [0.4, 0.5) is 13.2 Å². The summed E-state index contributed by atoms with van der Waals surface area (Å²) in [6.45, 7) is -0.336. The SMILES string of the molecule is CC(OC(=O)c1sc2cc(Cl)ccc2c1Cl)C(=O)NCC(F)(F)F. The minimum Gasteiger partial charge on any atom is -0.448 e.